The highest BCUT2D eigenvalue weighted by molar-refractivity contribution is 9.25. The van der Waals surface area contributed by atoms with Crippen molar-refractivity contribution in [3.63, 3.8) is 0 Å². The van der Waals surface area contributed by atoms with Crippen LogP contribution in [0.4, 0.5) is 0 Å². The van der Waals surface area contributed by atoms with Gasteiger partial charge in [-0.25, -0.2) is 0 Å². The van der Waals surface area contributed by atoms with Crippen molar-refractivity contribution in [2.45, 2.75) is 16.4 Å². The molecule has 0 heterocycles. The third-order valence-electron chi connectivity index (χ3n) is 0.503. The van der Waals surface area contributed by atoms with E-state index in [4.69, 9.17) is 10.2 Å². The molecule has 0 fully saturated rings. The van der Waals surface area contributed by atoms with Crippen molar-refractivity contribution in [1.82, 2.24) is 0 Å². The van der Waals surface area contributed by atoms with Crippen LogP contribution in [-0.4, -0.2) is 19.7 Å². The smallest absolute Gasteiger partial charge is 0.200 e. The lowest BCUT2D eigenvalue weighted by atomic mass is 10.5. The quantitative estimate of drug-likeness (QED) is 0.658. The van der Waals surface area contributed by atoms with Crippen LogP contribution in [0.2, 0.25) is 0 Å². The summed E-state index contributed by atoms with van der Waals surface area (Å²) in [6.45, 7) is 1.46. The number of hydrogen-bond donors (Lipinski definition) is 2. The topological polar surface area (TPSA) is 40.5 Å². The molecule has 0 aliphatic carbocycles. The number of hydrogen-bond acceptors (Lipinski definition) is 2. The van der Waals surface area contributed by atoms with Crippen molar-refractivity contribution >= 4 is 31.9 Å². The minimum Gasteiger partial charge on any atom is -0.389 e. The summed E-state index contributed by atoms with van der Waals surface area (Å²) in [6, 6.07) is 0. The first kappa shape index (κ1) is 7.88. The molecule has 0 saturated carbocycles. The van der Waals surface area contributed by atoms with Gasteiger partial charge in [0.25, 0.3) is 0 Å². The predicted octanol–water partition coefficient (Wildman–Crippen LogP) is 0.803. The maximum Gasteiger partial charge on any atom is 0.200 e. The van der Waals surface area contributed by atoms with Gasteiger partial charge in [-0.05, 0) is 38.8 Å². The van der Waals surface area contributed by atoms with Crippen LogP contribution in [0, 0.1) is 0 Å². The van der Waals surface area contributed by atoms with Crippen LogP contribution in [-0.2, 0) is 0 Å². The summed E-state index contributed by atoms with van der Waals surface area (Å²) >= 11 is 5.53. The summed E-state index contributed by atoms with van der Waals surface area (Å²) < 4.78 is -1.32. The van der Waals surface area contributed by atoms with Crippen molar-refractivity contribution in [3.8, 4) is 0 Å². The van der Waals surface area contributed by atoms with E-state index < -0.39 is 9.52 Å². The van der Waals surface area contributed by atoms with E-state index in [1.165, 1.54) is 6.92 Å². The molecule has 0 aromatic heterocycles. The first-order chi connectivity index (χ1) is 2.94. The molecular formula is C3H6Br2O2. The van der Waals surface area contributed by atoms with Gasteiger partial charge in [0.15, 0.2) is 0 Å². The van der Waals surface area contributed by atoms with Gasteiger partial charge in [-0.1, -0.05) is 0 Å². The van der Waals surface area contributed by atoms with E-state index in [0.717, 1.165) is 0 Å². The van der Waals surface area contributed by atoms with Crippen molar-refractivity contribution in [2.24, 2.45) is 0 Å². The standard InChI is InChI=1S/C3H6Br2O2/c1-2(6)3(4,5)7/h2,6-7H,1H3. The second-order valence-electron chi connectivity index (χ2n) is 1.26. The number of alkyl halides is 2. The number of aliphatic hydroxyl groups excluding tert-OH is 1. The van der Waals surface area contributed by atoms with Crippen LogP contribution in [0.5, 0.6) is 0 Å². The first-order valence-corrected chi connectivity index (χ1v) is 3.31. The van der Waals surface area contributed by atoms with Crippen LogP contribution in [0.15, 0.2) is 0 Å². The maximum atomic E-state index is 8.68. The monoisotopic (exact) mass is 232 g/mol. The number of halogens is 2. The van der Waals surface area contributed by atoms with E-state index in [-0.39, 0.29) is 0 Å². The molecule has 0 aromatic rings. The van der Waals surface area contributed by atoms with E-state index in [1.54, 1.807) is 0 Å². The predicted molar refractivity (Wildman–Crippen MR) is 34.5 cm³/mol. The molecule has 0 spiro atoms. The SMILES string of the molecule is CC(O)C(O)(Br)Br. The Bertz CT molecular complexity index is 56.4. The molecule has 0 saturated heterocycles. The van der Waals surface area contributed by atoms with Gasteiger partial charge in [0.1, 0.15) is 6.10 Å². The van der Waals surface area contributed by atoms with Crippen LogP contribution < -0.4 is 0 Å². The molecule has 0 aliphatic rings. The Balaban J connectivity index is 3.54. The van der Waals surface area contributed by atoms with E-state index in [0.29, 0.717) is 0 Å². The van der Waals surface area contributed by atoms with Gasteiger partial charge < -0.3 is 10.2 Å². The molecule has 0 amide bonds. The molecule has 2 N–H and O–H groups in total. The summed E-state index contributed by atoms with van der Waals surface area (Å²) in [7, 11) is 0. The molecule has 44 valence electrons. The van der Waals surface area contributed by atoms with Gasteiger partial charge in [-0.15, -0.1) is 0 Å². The average molecular weight is 234 g/mol. The lowest BCUT2D eigenvalue weighted by Crippen LogP contribution is -2.25. The lowest BCUT2D eigenvalue weighted by molar-refractivity contribution is 0.0746. The molecule has 2 nitrogen and oxygen atoms in total. The molecule has 1 atom stereocenters. The summed E-state index contributed by atoms with van der Waals surface area (Å²) in [4.78, 5) is 0. The molecule has 4 heteroatoms. The minimum atomic E-state index is -1.32. The molecule has 1 unspecified atom stereocenters. The van der Waals surface area contributed by atoms with Gasteiger partial charge >= 0.3 is 0 Å². The maximum absolute atomic E-state index is 8.68. The zero-order valence-corrected chi connectivity index (χ0v) is 6.90. The Morgan fingerprint density at radius 3 is 1.71 bits per heavy atom. The second kappa shape index (κ2) is 2.44. The zero-order valence-electron chi connectivity index (χ0n) is 3.73. The molecule has 0 aliphatic heterocycles. The highest BCUT2D eigenvalue weighted by Crippen LogP contribution is 2.25. The third kappa shape index (κ3) is 3.46. The van der Waals surface area contributed by atoms with Crippen LogP contribution in [0.25, 0.3) is 0 Å². The lowest BCUT2D eigenvalue weighted by Gasteiger charge is -2.14. The fourth-order valence-electron chi connectivity index (χ4n) is 0. The van der Waals surface area contributed by atoms with Crippen molar-refractivity contribution in [3.05, 3.63) is 0 Å². The van der Waals surface area contributed by atoms with Gasteiger partial charge in [-0.2, -0.15) is 0 Å². The second-order valence-corrected chi connectivity index (χ2v) is 4.75. The van der Waals surface area contributed by atoms with E-state index in [2.05, 4.69) is 31.9 Å². The van der Waals surface area contributed by atoms with Crippen molar-refractivity contribution < 1.29 is 10.2 Å². The summed E-state index contributed by atoms with van der Waals surface area (Å²) in [5.74, 6) is 0. The Labute approximate surface area is 58.8 Å². The summed E-state index contributed by atoms with van der Waals surface area (Å²) in [5.41, 5.74) is 0. The Hall–Kier alpha value is 0.880. The third-order valence-corrected chi connectivity index (χ3v) is 1.83. The van der Waals surface area contributed by atoms with Crippen molar-refractivity contribution in [2.75, 3.05) is 0 Å². The van der Waals surface area contributed by atoms with Crippen LogP contribution in [0.1, 0.15) is 6.92 Å². The van der Waals surface area contributed by atoms with Gasteiger partial charge in [0, 0.05) is 0 Å². The number of aliphatic hydroxyl groups is 2. The van der Waals surface area contributed by atoms with E-state index in [1.807, 2.05) is 0 Å². The van der Waals surface area contributed by atoms with E-state index >= 15 is 0 Å². The Kier molecular flexibility index (Phi) is 2.74. The zero-order chi connectivity index (χ0) is 6.08. The summed E-state index contributed by atoms with van der Waals surface area (Å²) in [6.07, 6.45) is -0.813. The Morgan fingerprint density at radius 1 is 1.57 bits per heavy atom. The fraction of sp³-hybridized carbons (Fsp3) is 1.00. The average Bonchev–Trinajstić information content (AvgIpc) is 1.31. The largest absolute Gasteiger partial charge is 0.389 e. The van der Waals surface area contributed by atoms with Gasteiger partial charge in [-0.3, -0.25) is 0 Å². The van der Waals surface area contributed by atoms with Crippen molar-refractivity contribution in [1.29, 1.82) is 0 Å². The molecule has 0 rings (SSSR count). The highest BCUT2D eigenvalue weighted by atomic mass is 79.9. The first-order valence-electron chi connectivity index (χ1n) is 1.73. The highest BCUT2D eigenvalue weighted by Gasteiger charge is 2.23. The fourth-order valence-corrected chi connectivity index (χ4v) is 0. The minimum absolute atomic E-state index is 0.813. The molecule has 0 aromatic carbocycles. The Morgan fingerprint density at radius 2 is 1.71 bits per heavy atom. The molecular weight excluding hydrogens is 228 g/mol. The number of rotatable bonds is 1. The normalized spacial score (nSPS) is 16.7. The molecule has 0 bridgehead atoms. The van der Waals surface area contributed by atoms with Gasteiger partial charge in [0.05, 0.1) is 0 Å². The summed E-state index contributed by atoms with van der Waals surface area (Å²) in [5, 5.41) is 17.2. The van der Waals surface area contributed by atoms with Crippen LogP contribution in [0.3, 0.4) is 0 Å². The van der Waals surface area contributed by atoms with E-state index in [9.17, 15) is 0 Å². The van der Waals surface area contributed by atoms with Crippen LogP contribution >= 0.6 is 31.9 Å². The molecule has 7 heavy (non-hydrogen) atoms. The van der Waals surface area contributed by atoms with Gasteiger partial charge in [0.2, 0.25) is 3.42 Å². The molecule has 0 radical (unpaired) electrons.